The molecule has 0 atom stereocenters. The second-order valence-corrected chi connectivity index (χ2v) is 32.1. The van der Waals surface area contributed by atoms with Gasteiger partial charge in [0, 0.05) is 22.4 Å². The third kappa shape index (κ3) is 6290. The Labute approximate surface area is 201 Å². The summed E-state index contributed by atoms with van der Waals surface area (Å²) in [4.78, 5) is 0. The SMILES string of the molecule is [Ag].[F][Sb-]([F])([F])([F])([F])[F].[F][Sb-]([F])([F])([F])([F])[F].[F][Sb-]([F])([F])([F])([F])[F].[F][Sb-]([F])([F])([F])([F])[F].[F][Sb-]([F])([F])([F])([F])[F]. The van der Waals surface area contributed by atoms with Crippen molar-refractivity contribution < 1.29 is 107 Å². The molecule has 36 heteroatoms. The van der Waals surface area contributed by atoms with E-state index in [0.717, 1.165) is 0 Å². The van der Waals surface area contributed by atoms with E-state index in [1.807, 2.05) is 0 Å². The monoisotopic (exact) mass is 1280 g/mol. The van der Waals surface area contributed by atoms with E-state index in [-0.39, 0.29) is 22.4 Å². The molecule has 0 aromatic carbocycles. The zero-order chi connectivity index (χ0) is 32.0. The van der Waals surface area contributed by atoms with Crippen LogP contribution in [0.25, 0.3) is 0 Å². The number of rotatable bonds is 0. The van der Waals surface area contributed by atoms with Crippen molar-refractivity contribution in [2.75, 3.05) is 0 Å². The van der Waals surface area contributed by atoms with E-state index >= 15 is 0 Å². The Hall–Kier alpha value is 2.73. The minimum atomic E-state index is -11.2. The average Bonchev–Trinajstić information content (AvgIpc) is 1.56. The average molecular weight is 1290 g/mol. The molecule has 0 spiro atoms. The topological polar surface area (TPSA) is 0 Å². The molecule has 0 aromatic rings. The van der Waals surface area contributed by atoms with Gasteiger partial charge in [0.15, 0.2) is 0 Å². The van der Waals surface area contributed by atoms with Crippen LogP contribution in [0.1, 0.15) is 0 Å². The molecule has 0 amide bonds. The molecule has 0 aromatic heterocycles. The Morgan fingerprint density at radius 2 is 0.139 bits per heavy atom. The maximum absolute atomic E-state index is 11.2. The number of hydrogen-bond donors (Lipinski definition) is 0. The van der Waals surface area contributed by atoms with Gasteiger partial charge in [-0.1, -0.05) is 0 Å². The molecule has 0 aliphatic rings. The summed E-state index contributed by atoms with van der Waals surface area (Å²) < 4.78 is 298. The van der Waals surface area contributed by atoms with Crippen LogP contribution in [0.15, 0.2) is 0 Å². The molecule has 0 unspecified atom stereocenters. The second-order valence-electron chi connectivity index (χ2n) is 4.79. The van der Waals surface area contributed by atoms with E-state index in [0.29, 0.717) is 0 Å². The predicted octanol–water partition coefficient (Wildman–Crippen LogP) is 10.7. The zero-order valence-corrected chi connectivity index (χ0v) is 28.1. The first-order chi connectivity index (χ1) is 12.2. The van der Waals surface area contributed by atoms with Crippen LogP contribution in [0, 0.1) is 0 Å². The molecule has 0 aliphatic carbocycles. The molecule has 0 bridgehead atoms. The molecule has 0 saturated carbocycles. The molecule has 0 saturated heterocycles. The first-order valence-electron chi connectivity index (χ1n) is 5.07. The van der Waals surface area contributed by atoms with Gasteiger partial charge in [0.25, 0.3) is 0 Å². The van der Waals surface area contributed by atoms with Crippen molar-refractivity contribution in [3.8, 4) is 0 Å². The molecule has 0 aliphatic heterocycles. The number of hydrogen-bond acceptors (Lipinski definition) is 0. The summed E-state index contributed by atoms with van der Waals surface area (Å²) in [7, 11) is 0. The summed E-state index contributed by atoms with van der Waals surface area (Å²) in [5.74, 6) is 0. The van der Waals surface area contributed by atoms with Crippen LogP contribution in [0.3, 0.4) is 0 Å². The molecule has 36 heavy (non-hydrogen) atoms. The van der Waals surface area contributed by atoms with Crippen LogP contribution >= 0.6 is 0 Å². The van der Waals surface area contributed by atoms with Crippen molar-refractivity contribution in [3.63, 3.8) is 0 Å². The van der Waals surface area contributed by atoms with Gasteiger partial charge in [-0.2, -0.15) is 0 Å². The number of halogens is 30. The summed E-state index contributed by atoms with van der Waals surface area (Å²) in [5.41, 5.74) is 0. The van der Waals surface area contributed by atoms with Crippen molar-refractivity contribution in [1.29, 1.82) is 0 Å². The summed E-state index contributed by atoms with van der Waals surface area (Å²) in [6.45, 7) is 0. The van der Waals surface area contributed by atoms with Crippen LogP contribution in [-0.2, 0) is 22.4 Å². The molecule has 0 rings (SSSR count). The molecular formula is AgF30Sb5-5. The Bertz CT molecular complexity index is 494. The van der Waals surface area contributed by atoms with Gasteiger partial charge in [-0.25, -0.2) is 0 Å². The second kappa shape index (κ2) is 8.43. The van der Waals surface area contributed by atoms with Crippen molar-refractivity contribution in [2.24, 2.45) is 0 Å². The van der Waals surface area contributed by atoms with Gasteiger partial charge in [-0.15, -0.1) is 0 Å². The van der Waals surface area contributed by atoms with E-state index in [1.54, 1.807) is 0 Å². The van der Waals surface area contributed by atoms with E-state index in [4.69, 9.17) is 0 Å². The minimum absolute atomic E-state index is 0. The van der Waals surface area contributed by atoms with E-state index in [1.165, 1.54) is 0 Å². The Balaban J connectivity index is -0.0000000776. The Morgan fingerprint density at radius 1 is 0.139 bits per heavy atom. The fourth-order valence-corrected chi connectivity index (χ4v) is 0. The van der Waals surface area contributed by atoms with Crippen LogP contribution < -0.4 is 0 Å². The quantitative estimate of drug-likeness (QED) is 0.168. The summed E-state index contributed by atoms with van der Waals surface area (Å²) in [6, 6.07) is 0. The molecule has 251 valence electrons. The van der Waals surface area contributed by atoms with Gasteiger partial charge in [0.2, 0.25) is 0 Å². The fraction of sp³-hybridized carbons (Fsp3) is 0. The van der Waals surface area contributed by atoms with Crippen molar-refractivity contribution in [1.82, 2.24) is 0 Å². The van der Waals surface area contributed by atoms with Crippen LogP contribution in [0.4, 0.5) is 84.4 Å². The van der Waals surface area contributed by atoms with Crippen LogP contribution in [0.2, 0.25) is 0 Å². The molecule has 0 nitrogen and oxygen atoms in total. The normalized spacial score (nSPS) is 22.5. The Kier molecular flexibility index (Phi) is 12.0. The van der Waals surface area contributed by atoms with Gasteiger partial charge >= 0.3 is 182 Å². The van der Waals surface area contributed by atoms with Gasteiger partial charge in [0.05, 0.1) is 0 Å². The first kappa shape index (κ1) is 51.5. The van der Waals surface area contributed by atoms with Crippen LogP contribution in [0.5, 0.6) is 0 Å². The van der Waals surface area contributed by atoms with Crippen LogP contribution in [-0.4, -0.2) is 97.4 Å². The molecular weight excluding hydrogens is 1290 g/mol. The standard InChI is InChI=1S/Ag.30FH.5Sb/h;30*1H;;;;;/q;;;;;;;;;;;;;;;;;;;;;;;;;;;;;;;5*+5/p-30. The molecule has 1 radical (unpaired) electrons. The molecule has 0 heterocycles. The summed E-state index contributed by atoms with van der Waals surface area (Å²) >= 11 is -56.2. The van der Waals surface area contributed by atoms with Crippen molar-refractivity contribution >= 4 is 97.4 Å². The van der Waals surface area contributed by atoms with Gasteiger partial charge < -0.3 is 0 Å². The summed E-state index contributed by atoms with van der Waals surface area (Å²) in [6.07, 6.45) is 0. The van der Waals surface area contributed by atoms with E-state index in [2.05, 4.69) is 0 Å². The molecule has 0 fully saturated rings. The van der Waals surface area contributed by atoms with E-state index in [9.17, 15) is 84.4 Å². The Morgan fingerprint density at radius 3 is 0.139 bits per heavy atom. The third-order valence-electron chi connectivity index (χ3n) is 0. The fourth-order valence-electron chi connectivity index (χ4n) is 0. The predicted molar refractivity (Wildman–Crippen MR) is 62.0 cm³/mol. The van der Waals surface area contributed by atoms with Gasteiger partial charge in [-0.05, 0) is 0 Å². The zero-order valence-electron chi connectivity index (χ0n) is 13.9. The first-order valence-corrected chi connectivity index (χ1v) is 34.0. The van der Waals surface area contributed by atoms with Gasteiger partial charge in [0.1, 0.15) is 0 Å². The van der Waals surface area contributed by atoms with Gasteiger partial charge in [-0.3, -0.25) is 0 Å². The molecule has 0 N–H and O–H groups in total. The van der Waals surface area contributed by atoms with Crippen molar-refractivity contribution in [3.05, 3.63) is 0 Å². The van der Waals surface area contributed by atoms with E-state index < -0.39 is 97.4 Å². The maximum atomic E-state index is 9.93. The summed E-state index contributed by atoms with van der Waals surface area (Å²) in [5, 5.41) is 0. The third-order valence-corrected chi connectivity index (χ3v) is 0. The van der Waals surface area contributed by atoms with Crippen molar-refractivity contribution in [2.45, 2.75) is 0 Å².